The minimum atomic E-state index is -0.0539. The van der Waals surface area contributed by atoms with Gasteiger partial charge in [0.25, 0.3) is 0 Å². The third kappa shape index (κ3) is 7.22. The molecule has 0 fully saturated rings. The van der Waals surface area contributed by atoms with E-state index >= 15 is 0 Å². The Balaban J connectivity index is 0.000000251. The fourth-order valence-corrected chi connectivity index (χ4v) is 8.42. The van der Waals surface area contributed by atoms with Crippen molar-refractivity contribution >= 4 is 30.3 Å². The van der Waals surface area contributed by atoms with E-state index in [1.165, 1.54) is 105 Å². The Labute approximate surface area is 325 Å². The second-order valence-electron chi connectivity index (χ2n) is 15.9. The molecule has 256 valence electrons. The SMILES string of the molecule is CC(C)(C)c1ccc2c(c1)[cH-]c1c(C3=CC=CC3)c(C(C)(C)C)c(-c3ccccc3)c(-c3ccccc3)c12.[Zr]=[C](c1ccccc1)c1ccccc1. The number of rotatable bonds is 5. The molecule has 0 heterocycles. The standard InChI is InChI=1S/C38H37.C13H10.Zr/c1-37(2,3)29-21-22-30-28(23-29)24-31-32(25-19-13-14-20-25)36(38(4,5)6)34(27-17-11-8-12-18-27)33(35(30)31)26-15-9-7-10-16-26;1-3-7-12(8-4-1)11-13-9-5-2-6-10-13;/h7-19,21-24H,20H2,1-6H3;1-10H;/q-1;;. The molecule has 0 aromatic heterocycles. The van der Waals surface area contributed by atoms with Crippen molar-refractivity contribution in [3.8, 4) is 22.3 Å². The van der Waals surface area contributed by atoms with E-state index in [0.29, 0.717) is 0 Å². The van der Waals surface area contributed by atoms with Crippen molar-refractivity contribution in [1.29, 1.82) is 0 Å². The van der Waals surface area contributed by atoms with Gasteiger partial charge in [-0.2, -0.15) is 0 Å². The number of hydrogen-bond donors (Lipinski definition) is 0. The fourth-order valence-electron chi connectivity index (χ4n) is 7.60. The molecule has 0 N–H and O–H groups in total. The second kappa shape index (κ2) is 14.8. The molecule has 0 atom stereocenters. The Morgan fingerprint density at radius 1 is 0.577 bits per heavy atom. The van der Waals surface area contributed by atoms with Gasteiger partial charge < -0.3 is 0 Å². The summed E-state index contributed by atoms with van der Waals surface area (Å²) < 4.78 is 1.42. The summed E-state index contributed by atoms with van der Waals surface area (Å²) in [4.78, 5) is 0. The summed E-state index contributed by atoms with van der Waals surface area (Å²) in [5, 5.41) is 5.44. The number of hydrogen-bond acceptors (Lipinski definition) is 0. The van der Waals surface area contributed by atoms with Gasteiger partial charge in [0, 0.05) is 0 Å². The van der Waals surface area contributed by atoms with E-state index in [1.807, 2.05) is 0 Å². The topological polar surface area (TPSA) is 0 Å². The van der Waals surface area contributed by atoms with Crippen LogP contribution in [0.25, 0.3) is 49.4 Å². The second-order valence-corrected chi connectivity index (χ2v) is 17.1. The number of allylic oxidation sites excluding steroid dienone is 4. The Bertz CT molecular complexity index is 2370. The van der Waals surface area contributed by atoms with Gasteiger partial charge in [-0.1, -0.05) is 160 Å². The minimum absolute atomic E-state index is 0.0539. The van der Waals surface area contributed by atoms with Crippen molar-refractivity contribution in [2.75, 3.05) is 0 Å². The Morgan fingerprint density at radius 3 is 1.58 bits per heavy atom. The van der Waals surface area contributed by atoms with Crippen molar-refractivity contribution in [2.45, 2.75) is 58.8 Å². The summed E-state index contributed by atoms with van der Waals surface area (Å²) in [6.07, 6.45) is 7.83. The van der Waals surface area contributed by atoms with Crippen LogP contribution in [0, 0.1) is 0 Å². The van der Waals surface area contributed by atoms with Gasteiger partial charge >= 0.3 is 99.2 Å². The molecule has 0 amide bonds. The Morgan fingerprint density at radius 2 is 1.10 bits per heavy atom. The monoisotopic (exact) mass is 749 g/mol. The molecule has 1 aliphatic carbocycles. The fraction of sp³-hybridized carbons (Fsp3) is 0.176. The van der Waals surface area contributed by atoms with Crippen molar-refractivity contribution in [1.82, 2.24) is 0 Å². The molecule has 1 heteroatoms. The van der Waals surface area contributed by atoms with Crippen LogP contribution in [0.3, 0.4) is 0 Å². The molecule has 0 bridgehead atoms. The van der Waals surface area contributed by atoms with Gasteiger partial charge in [0.1, 0.15) is 0 Å². The molecule has 0 spiro atoms. The summed E-state index contributed by atoms with van der Waals surface area (Å²) in [7, 11) is 0. The zero-order chi connectivity index (χ0) is 36.5. The van der Waals surface area contributed by atoms with E-state index < -0.39 is 0 Å². The molecular formula is C51H47Zr-. The van der Waals surface area contributed by atoms with Crippen LogP contribution in [0.15, 0.2) is 164 Å². The van der Waals surface area contributed by atoms with E-state index in [4.69, 9.17) is 0 Å². The van der Waals surface area contributed by atoms with Gasteiger partial charge in [-0.05, 0) is 39.5 Å². The van der Waals surface area contributed by atoms with E-state index in [1.54, 1.807) is 0 Å². The molecule has 0 unspecified atom stereocenters. The molecule has 0 nitrogen and oxygen atoms in total. The van der Waals surface area contributed by atoms with E-state index in [0.717, 1.165) is 6.42 Å². The predicted molar refractivity (Wildman–Crippen MR) is 223 cm³/mol. The molecule has 52 heavy (non-hydrogen) atoms. The van der Waals surface area contributed by atoms with Crippen molar-refractivity contribution in [3.05, 3.63) is 192 Å². The Hall–Kier alpha value is -4.58. The van der Waals surface area contributed by atoms with Crippen molar-refractivity contribution in [2.24, 2.45) is 0 Å². The third-order valence-corrected chi connectivity index (χ3v) is 11.5. The average molecular weight is 751 g/mol. The molecule has 1 aliphatic rings. The molecule has 0 saturated carbocycles. The van der Waals surface area contributed by atoms with Crippen molar-refractivity contribution in [3.63, 3.8) is 0 Å². The molecule has 7 aromatic carbocycles. The third-order valence-electron chi connectivity index (χ3n) is 10.1. The summed E-state index contributed by atoms with van der Waals surface area (Å²) in [5.41, 5.74) is 13.7. The van der Waals surface area contributed by atoms with E-state index in [9.17, 15) is 0 Å². The maximum atomic E-state index is 2.48. The molecular weight excluding hydrogens is 704 g/mol. The van der Waals surface area contributed by atoms with Crippen LogP contribution < -0.4 is 0 Å². The molecule has 0 aliphatic heterocycles. The van der Waals surface area contributed by atoms with Gasteiger partial charge in [0.2, 0.25) is 0 Å². The zero-order valence-corrected chi connectivity index (χ0v) is 33.8. The van der Waals surface area contributed by atoms with Crippen LogP contribution in [0.4, 0.5) is 0 Å². The zero-order valence-electron chi connectivity index (χ0n) is 31.3. The van der Waals surface area contributed by atoms with Crippen LogP contribution in [0.5, 0.6) is 0 Å². The average Bonchev–Trinajstić information content (AvgIpc) is 3.83. The summed E-state index contributed by atoms with van der Waals surface area (Å²) in [6, 6.07) is 52.8. The summed E-state index contributed by atoms with van der Waals surface area (Å²) in [6.45, 7) is 14.0. The van der Waals surface area contributed by atoms with Crippen LogP contribution >= 0.6 is 0 Å². The van der Waals surface area contributed by atoms with E-state index in [2.05, 4.69) is 205 Å². The molecule has 0 saturated heterocycles. The van der Waals surface area contributed by atoms with Gasteiger partial charge in [0.15, 0.2) is 0 Å². The first kappa shape index (κ1) is 35.8. The van der Waals surface area contributed by atoms with E-state index in [-0.39, 0.29) is 10.8 Å². The maximum absolute atomic E-state index is 2.48. The van der Waals surface area contributed by atoms with Gasteiger partial charge in [-0.25, -0.2) is 0 Å². The van der Waals surface area contributed by atoms with Crippen LogP contribution in [-0.2, 0) is 35.1 Å². The summed E-state index contributed by atoms with van der Waals surface area (Å²) >= 11 is 1.46. The van der Waals surface area contributed by atoms with Gasteiger partial charge in [-0.15, -0.1) is 28.3 Å². The first-order valence-corrected chi connectivity index (χ1v) is 19.7. The summed E-state index contributed by atoms with van der Waals surface area (Å²) in [5.74, 6) is 0. The number of fused-ring (bicyclic) bond motifs is 3. The van der Waals surface area contributed by atoms with Crippen LogP contribution in [0.2, 0.25) is 0 Å². The quantitative estimate of drug-likeness (QED) is 0.154. The normalized spacial score (nSPS) is 12.8. The first-order chi connectivity index (χ1) is 25.0. The van der Waals surface area contributed by atoms with Crippen LogP contribution in [-0.4, -0.2) is 3.21 Å². The molecule has 8 rings (SSSR count). The Kier molecular flexibility index (Phi) is 10.2. The number of benzene rings is 6. The first-order valence-electron chi connectivity index (χ1n) is 18.4. The van der Waals surface area contributed by atoms with Gasteiger partial charge in [-0.3, -0.25) is 0 Å². The van der Waals surface area contributed by atoms with Crippen LogP contribution in [0.1, 0.15) is 75.8 Å². The van der Waals surface area contributed by atoms with Gasteiger partial charge in [0.05, 0.1) is 0 Å². The molecule has 0 radical (unpaired) electrons. The van der Waals surface area contributed by atoms with Crippen molar-refractivity contribution < 1.29 is 24.2 Å². The predicted octanol–water partition coefficient (Wildman–Crippen LogP) is 13.8. The molecule has 7 aromatic rings.